The van der Waals surface area contributed by atoms with Gasteiger partial charge in [0.05, 0.1) is 11.3 Å². The number of alkyl halides is 3. The number of hydrogen-bond acceptors (Lipinski definition) is 1. The van der Waals surface area contributed by atoms with Crippen LogP contribution in [0.3, 0.4) is 0 Å². The molecule has 0 aromatic heterocycles. The summed E-state index contributed by atoms with van der Waals surface area (Å²) < 4.78 is 48.4. The molecular weight excluding hydrogens is 174 g/mol. The van der Waals surface area contributed by atoms with Crippen LogP contribution in [-0.4, -0.2) is 0 Å². The zero-order chi connectivity index (χ0) is 9.35. The summed E-state index contributed by atoms with van der Waals surface area (Å²) in [5, 5.41) is 0. The summed E-state index contributed by atoms with van der Waals surface area (Å²) in [4.78, 5) is 0. The highest BCUT2D eigenvalue weighted by Gasteiger charge is 2.34. The molecule has 1 aromatic rings. The molecule has 1 nitrogen and oxygen atoms in total. The van der Waals surface area contributed by atoms with Gasteiger partial charge in [-0.3, -0.25) is 0 Å². The van der Waals surface area contributed by atoms with E-state index in [0.29, 0.717) is 6.07 Å². The number of nitrogens with two attached hydrogens (primary N) is 1. The first-order valence-electron chi connectivity index (χ1n) is 2.95. The lowest BCUT2D eigenvalue weighted by Gasteiger charge is -2.07. The smallest absolute Gasteiger partial charge is 0.396 e. The standard InChI is InChI=1S/C7H4F4N/c8-6-4(7(9,10)11)2-1-3-5(6)12/h2-3H,12H2. The van der Waals surface area contributed by atoms with Gasteiger partial charge in [0.25, 0.3) is 0 Å². The molecule has 0 atom stereocenters. The second kappa shape index (κ2) is 2.66. The monoisotopic (exact) mass is 178 g/mol. The van der Waals surface area contributed by atoms with Crippen LogP contribution in [0.1, 0.15) is 5.56 Å². The Hall–Kier alpha value is -1.26. The largest absolute Gasteiger partial charge is 0.419 e. The van der Waals surface area contributed by atoms with Gasteiger partial charge in [-0.15, -0.1) is 0 Å². The third-order valence-electron chi connectivity index (χ3n) is 1.26. The molecule has 0 aliphatic carbocycles. The normalized spacial score (nSPS) is 11.7. The van der Waals surface area contributed by atoms with Crippen LogP contribution in [-0.2, 0) is 6.18 Å². The van der Waals surface area contributed by atoms with E-state index in [1.165, 1.54) is 0 Å². The summed E-state index contributed by atoms with van der Waals surface area (Å²) in [6, 6.07) is 3.56. The second-order valence-corrected chi connectivity index (χ2v) is 2.14. The van der Waals surface area contributed by atoms with Gasteiger partial charge in [-0.05, 0) is 18.2 Å². The molecular formula is C7H4F4N. The summed E-state index contributed by atoms with van der Waals surface area (Å²) in [7, 11) is 0. The van der Waals surface area contributed by atoms with Crippen molar-refractivity contribution in [2.45, 2.75) is 6.18 Å². The molecule has 5 heteroatoms. The summed E-state index contributed by atoms with van der Waals surface area (Å²) >= 11 is 0. The maximum atomic E-state index is 12.6. The molecule has 1 radical (unpaired) electrons. The predicted molar refractivity (Wildman–Crippen MR) is 34.7 cm³/mol. The fraction of sp³-hybridized carbons (Fsp3) is 0.143. The van der Waals surface area contributed by atoms with Gasteiger partial charge in [0.1, 0.15) is 0 Å². The molecule has 0 saturated heterocycles. The van der Waals surface area contributed by atoms with Gasteiger partial charge in [0.15, 0.2) is 5.82 Å². The summed E-state index contributed by atoms with van der Waals surface area (Å²) in [5.41, 5.74) is 2.97. The Labute approximate surface area is 65.8 Å². The van der Waals surface area contributed by atoms with Crippen molar-refractivity contribution in [3.8, 4) is 0 Å². The molecule has 0 spiro atoms. The van der Waals surface area contributed by atoms with Crippen molar-refractivity contribution >= 4 is 5.69 Å². The molecule has 1 rings (SSSR count). The average molecular weight is 178 g/mol. The summed E-state index contributed by atoms with van der Waals surface area (Å²) in [5.74, 6) is -1.44. The molecule has 65 valence electrons. The van der Waals surface area contributed by atoms with Gasteiger partial charge in [0.2, 0.25) is 0 Å². The first kappa shape index (κ1) is 8.83. The van der Waals surface area contributed by atoms with Crippen LogP contribution in [0, 0.1) is 11.9 Å². The fourth-order valence-electron chi connectivity index (χ4n) is 0.703. The van der Waals surface area contributed by atoms with Crippen LogP contribution in [0.15, 0.2) is 12.1 Å². The van der Waals surface area contributed by atoms with Crippen molar-refractivity contribution < 1.29 is 17.6 Å². The van der Waals surface area contributed by atoms with E-state index in [1.807, 2.05) is 0 Å². The molecule has 0 aliphatic heterocycles. The van der Waals surface area contributed by atoms with Crippen LogP contribution >= 0.6 is 0 Å². The third-order valence-corrected chi connectivity index (χ3v) is 1.26. The molecule has 12 heavy (non-hydrogen) atoms. The molecule has 0 fully saturated rings. The van der Waals surface area contributed by atoms with Gasteiger partial charge in [-0.1, -0.05) is 0 Å². The average Bonchev–Trinajstić information content (AvgIpc) is 1.92. The minimum atomic E-state index is -4.71. The molecule has 0 amide bonds. The highest BCUT2D eigenvalue weighted by atomic mass is 19.4. The Morgan fingerprint density at radius 3 is 2.25 bits per heavy atom. The van der Waals surface area contributed by atoms with Crippen molar-refractivity contribution in [2.24, 2.45) is 0 Å². The molecule has 0 saturated carbocycles. The highest BCUT2D eigenvalue weighted by molar-refractivity contribution is 5.43. The van der Waals surface area contributed by atoms with E-state index in [2.05, 4.69) is 6.07 Å². The lowest BCUT2D eigenvalue weighted by molar-refractivity contribution is -0.139. The Bertz CT molecular complexity index is 292. The van der Waals surface area contributed by atoms with Crippen LogP contribution in [0.4, 0.5) is 23.2 Å². The molecule has 1 aromatic carbocycles. The molecule has 0 unspecified atom stereocenters. The maximum absolute atomic E-state index is 12.6. The number of nitrogen functional groups attached to an aromatic ring is 1. The number of benzene rings is 1. The first-order chi connectivity index (χ1) is 5.43. The SMILES string of the molecule is Nc1c[c]cc(C(F)(F)F)c1F. The Morgan fingerprint density at radius 1 is 1.25 bits per heavy atom. The molecule has 0 bridgehead atoms. The van der Waals surface area contributed by atoms with Crippen molar-refractivity contribution in [3.63, 3.8) is 0 Å². The zero-order valence-electron chi connectivity index (χ0n) is 5.74. The predicted octanol–water partition coefficient (Wildman–Crippen LogP) is 2.23. The number of halogens is 4. The number of hydrogen-bond donors (Lipinski definition) is 1. The molecule has 0 heterocycles. The van der Waals surface area contributed by atoms with Gasteiger partial charge in [-0.25, -0.2) is 4.39 Å². The van der Waals surface area contributed by atoms with Crippen LogP contribution in [0.25, 0.3) is 0 Å². The van der Waals surface area contributed by atoms with Crippen molar-refractivity contribution in [1.29, 1.82) is 0 Å². The Morgan fingerprint density at radius 2 is 1.83 bits per heavy atom. The van der Waals surface area contributed by atoms with Crippen LogP contribution in [0.5, 0.6) is 0 Å². The summed E-state index contributed by atoms with van der Waals surface area (Å²) in [6.07, 6.45) is -4.71. The Kier molecular flexibility index (Phi) is 1.95. The zero-order valence-corrected chi connectivity index (χ0v) is 5.74. The number of rotatable bonds is 0. The third kappa shape index (κ3) is 1.49. The molecule has 0 aliphatic rings. The van der Waals surface area contributed by atoms with Gasteiger partial charge >= 0.3 is 6.18 Å². The quantitative estimate of drug-likeness (QED) is 0.478. The molecule has 2 N–H and O–H groups in total. The highest BCUT2D eigenvalue weighted by Crippen LogP contribution is 2.32. The Balaban J connectivity index is 3.26. The second-order valence-electron chi connectivity index (χ2n) is 2.14. The van der Waals surface area contributed by atoms with Crippen LogP contribution in [0.2, 0.25) is 0 Å². The fourth-order valence-corrected chi connectivity index (χ4v) is 0.703. The van der Waals surface area contributed by atoms with E-state index in [-0.39, 0.29) is 0 Å². The van der Waals surface area contributed by atoms with E-state index in [1.54, 1.807) is 0 Å². The van der Waals surface area contributed by atoms with Crippen molar-refractivity contribution in [1.82, 2.24) is 0 Å². The topological polar surface area (TPSA) is 26.0 Å². The maximum Gasteiger partial charge on any atom is 0.419 e. The lowest BCUT2D eigenvalue weighted by atomic mass is 10.2. The summed E-state index contributed by atoms with van der Waals surface area (Å²) in [6.45, 7) is 0. The first-order valence-corrected chi connectivity index (χ1v) is 2.95. The van der Waals surface area contributed by atoms with E-state index >= 15 is 0 Å². The van der Waals surface area contributed by atoms with Crippen molar-refractivity contribution in [2.75, 3.05) is 5.73 Å². The van der Waals surface area contributed by atoms with Gasteiger partial charge < -0.3 is 5.73 Å². The van der Waals surface area contributed by atoms with Crippen LogP contribution < -0.4 is 5.73 Å². The number of anilines is 1. The minimum absolute atomic E-state index is 0.520. The minimum Gasteiger partial charge on any atom is -0.396 e. The van der Waals surface area contributed by atoms with Gasteiger partial charge in [0, 0.05) is 0 Å². The van der Waals surface area contributed by atoms with Crippen molar-refractivity contribution in [3.05, 3.63) is 29.6 Å². The van der Waals surface area contributed by atoms with Gasteiger partial charge in [-0.2, -0.15) is 13.2 Å². The lowest BCUT2D eigenvalue weighted by Crippen LogP contribution is -2.09. The van der Waals surface area contributed by atoms with E-state index < -0.39 is 23.2 Å². The van der Waals surface area contributed by atoms with E-state index in [4.69, 9.17) is 5.73 Å². The van der Waals surface area contributed by atoms with E-state index in [9.17, 15) is 17.6 Å². The van der Waals surface area contributed by atoms with E-state index in [0.717, 1.165) is 6.07 Å².